The second-order valence-corrected chi connectivity index (χ2v) is 4.01. The maximum absolute atomic E-state index is 12.8. The largest absolute Gasteiger partial charge is 0.477 e. The summed E-state index contributed by atoms with van der Waals surface area (Å²) in [7, 11) is 1.50. The zero-order valence-corrected chi connectivity index (χ0v) is 10.0. The van der Waals surface area contributed by atoms with E-state index in [9.17, 15) is 14.0 Å². The van der Waals surface area contributed by atoms with Gasteiger partial charge in [0.2, 0.25) is 6.10 Å². The third-order valence-corrected chi connectivity index (χ3v) is 2.74. The van der Waals surface area contributed by atoms with Gasteiger partial charge in [-0.25, -0.2) is 9.18 Å². The number of halogens is 1. The number of nitrogens with zero attached hydrogens (tertiary/aromatic N) is 2. The molecule has 1 aromatic carbocycles. The first-order chi connectivity index (χ1) is 8.99. The monoisotopic (exact) mass is 266 g/mol. The van der Waals surface area contributed by atoms with E-state index in [1.807, 2.05) is 0 Å². The van der Waals surface area contributed by atoms with Gasteiger partial charge in [-0.05, 0) is 24.3 Å². The van der Waals surface area contributed by atoms with E-state index in [4.69, 9.17) is 9.94 Å². The molecule has 0 aliphatic carbocycles. The van der Waals surface area contributed by atoms with Gasteiger partial charge < -0.3 is 14.8 Å². The fourth-order valence-corrected chi connectivity index (χ4v) is 1.64. The smallest absolute Gasteiger partial charge is 0.353 e. The number of carboxylic acids is 1. The maximum Gasteiger partial charge on any atom is 0.353 e. The molecule has 0 fully saturated rings. The molecule has 1 unspecified atom stereocenters. The summed E-state index contributed by atoms with van der Waals surface area (Å²) in [6.45, 7) is 0. The summed E-state index contributed by atoms with van der Waals surface area (Å²) >= 11 is 0. The van der Waals surface area contributed by atoms with Crippen molar-refractivity contribution >= 4 is 23.3 Å². The predicted octanol–water partition coefficient (Wildman–Crippen LogP) is 1.02. The fraction of sp³-hybridized carbons (Fsp3) is 0.250. The molecule has 100 valence electrons. The number of anilines is 1. The maximum atomic E-state index is 12.8. The van der Waals surface area contributed by atoms with Gasteiger partial charge in [-0.2, -0.15) is 0 Å². The van der Waals surface area contributed by atoms with Crippen LogP contribution in [0.15, 0.2) is 29.4 Å². The van der Waals surface area contributed by atoms with E-state index in [1.54, 1.807) is 0 Å². The SMILES string of the molecule is CN(C(=O)C1CC(C(=O)O)=NO1)c1ccc(F)cc1. The summed E-state index contributed by atoms with van der Waals surface area (Å²) in [5.74, 6) is -2.05. The lowest BCUT2D eigenvalue weighted by Gasteiger charge is -2.19. The summed E-state index contributed by atoms with van der Waals surface area (Å²) in [6, 6.07) is 5.35. The van der Waals surface area contributed by atoms with Crippen LogP contribution in [0.4, 0.5) is 10.1 Å². The van der Waals surface area contributed by atoms with Gasteiger partial charge in [0.15, 0.2) is 5.71 Å². The van der Waals surface area contributed by atoms with Gasteiger partial charge >= 0.3 is 5.97 Å². The van der Waals surface area contributed by atoms with Gasteiger partial charge in [0.25, 0.3) is 5.91 Å². The predicted molar refractivity (Wildman–Crippen MR) is 64.4 cm³/mol. The summed E-state index contributed by atoms with van der Waals surface area (Å²) in [6.07, 6.45) is -1.04. The minimum absolute atomic E-state index is 0.0836. The second kappa shape index (κ2) is 5.05. The Bertz CT molecular complexity index is 541. The van der Waals surface area contributed by atoms with E-state index in [0.29, 0.717) is 5.69 Å². The highest BCUT2D eigenvalue weighted by Gasteiger charge is 2.33. The Morgan fingerprint density at radius 1 is 1.42 bits per heavy atom. The molecule has 0 radical (unpaired) electrons. The molecular formula is C12H11FN2O4. The normalized spacial score (nSPS) is 17.6. The number of hydrogen-bond acceptors (Lipinski definition) is 4. The first-order valence-corrected chi connectivity index (χ1v) is 5.48. The summed E-state index contributed by atoms with van der Waals surface area (Å²) < 4.78 is 12.8. The molecule has 1 aliphatic rings. The van der Waals surface area contributed by atoms with Crippen molar-refractivity contribution < 1.29 is 23.9 Å². The Labute approximate surface area is 108 Å². The van der Waals surface area contributed by atoms with Crippen molar-refractivity contribution in [1.82, 2.24) is 0 Å². The molecule has 0 saturated heterocycles. The van der Waals surface area contributed by atoms with E-state index in [2.05, 4.69) is 5.16 Å². The van der Waals surface area contributed by atoms with Gasteiger partial charge in [0, 0.05) is 19.2 Å². The Morgan fingerprint density at radius 3 is 2.58 bits per heavy atom. The van der Waals surface area contributed by atoms with Crippen LogP contribution in [0.5, 0.6) is 0 Å². The van der Waals surface area contributed by atoms with E-state index in [0.717, 1.165) is 0 Å². The standard InChI is InChI=1S/C12H11FN2O4/c1-15(8-4-2-7(13)3-5-8)11(16)10-6-9(12(17)18)14-19-10/h2-5,10H,6H2,1H3,(H,17,18). The number of rotatable bonds is 3. The lowest BCUT2D eigenvalue weighted by molar-refractivity contribution is -0.129. The second-order valence-electron chi connectivity index (χ2n) is 4.01. The van der Waals surface area contributed by atoms with Crippen LogP contribution < -0.4 is 4.90 Å². The van der Waals surface area contributed by atoms with Crippen LogP contribution in [0.25, 0.3) is 0 Å². The number of carboxylic acid groups (broad SMARTS) is 1. The van der Waals surface area contributed by atoms with E-state index < -0.39 is 23.8 Å². The van der Waals surface area contributed by atoms with Crippen molar-refractivity contribution in [3.8, 4) is 0 Å². The molecule has 1 N–H and O–H groups in total. The van der Waals surface area contributed by atoms with Crippen molar-refractivity contribution in [3.05, 3.63) is 30.1 Å². The Kier molecular flexibility index (Phi) is 3.46. The van der Waals surface area contributed by atoms with Crippen LogP contribution >= 0.6 is 0 Å². The molecular weight excluding hydrogens is 255 g/mol. The molecule has 2 rings (SSSR count). The van der Waals surface area contributed by atoms with Crippen LogP contribution in [0.2, 0.25) is 0 Å². The van der Waals surface area contributed by atoms with E-state index in [1.165, 1.54) is 36.2 Å². The molecule has 0 aromatic heterocycles. The lowest BCUT2D eigenvalue weighted by Crippen LogP contribution is -2.37. The lowest BCUT2D eigenvalue weighted by atomic mass is 10.1. The highest BCUT2D eigenvalue weighted by Crippen LogP contribution is 2.18. The van der Waals surface area contributed by atoms with Gasteiger partial charge in [-0.1, -0.05) is 5.16 Å². The highest BCUT2D eigenvalue weighted by atomic mass is 19.1. The molecule has 7 heteroatoms. The van der Waals surface area contributed by atoms with Crippen LogP contribution in [0.1, 0.15) is 6.42 Å². The number of amides is 1. The van der Waals surface area contributed by atoms with Crippen LogP contribution in [-0.4, -0.2) is 35.8 Å². The van der Waals surface area contributed by atoms with Gasteiger partial charge in [0.05, 0.1) is 0 Å². The summed E-state index contributed by atoms with van der Waals surface area (Å²) in [5, 5.41) is 12.1. The number of likely N-dealkylation sites (N-methyl/N-ethyl adjacent to an activating group) is 1. The zero-order valence-electron chi connectivity index (χ0n) is 10.0. The van der Waals surface area contributed by atoms with Gasteiger partial charge in [-0.15, -0.1) is 0 Å². The van der Waals surface area contributed by atoms with Gasteiger partial charge in [-0.3, -0.25) is 4.79 Å². The van der Waals surface area contributed by atoms with Crippen LogP contribution in [0, 0.1) is 5.82 Å². The van der Waals surface area contributed by atoms with Crippen LogP contribution in [-0.2, 0) is 14.4 Å². The first-order valence-electron chi connectivity index (χ1n) is 5.48. The number of hydrogen-bond donors (Lipinski definition) is 1. The Balaban J connectivity index is 2.05. The van der Waals surface area contributed by atoms with Crippen molar-refractivity contribution in [2.75, 3.05) is 11.9 Å². The molecule has 1 aliphatic heterocycles. The minimum atomic E-state index is -1.21. The first kappa shape index (κ1) is 13.0. The van der Waals surface area contributed by atoms with Crippen molar-refractivity contribution in [2.45, 2.75) is 12.5 Å². The van der Waals surface area contributed by atoms with Crippen molar-refractivity contribution in [3.63, 3.8) is 0 Å². The molecule has 19 heavy (non-hydrogen) atoms. The number of benzene rings is 1. The zero-order chi connectivity index (χ0) is 14.0. The third kappa shape index (κ3) is 2.70. The average Bonchev–Trinajstić information content (AvgIpc) is 2.87. The molecule has 1 atom stereocenters. The molecule has 0 bridgehead atoms. The van der Waals surface area contributed by atoms with Crippen molar-refractivity contribution in [2.24, 2.45) is 5.16 Å². The number of aliphatic carboxylic acids is 1. The van der Waals surface area contributed by atoms with Crippen LogP contribution in [0.3, 0.4) is 0 Å². The Morgan fingerprint density at radius 2 is 2.05 bits per heavy atom. The molecule has 1 aromatic rings. The summed E-state index contributed by atoms with van der Waals surface area (Å²) in [5.41, 5.74) is 0.296. The van der Waals surface area contributed by atoms with E-state index >= 15 is 0 Å². The molecule has 0 saturated carbocycles. The van der Waals surface area contributed by atoms with Crippen molar-refractivity contribution in [1.29, 1.82) is 0 Å². The van der Waals surface area contributed by atoms with E-state index in [-0.39, 0.29) is 12.1 Å². The molecule has 0 spiro atoms. The van der Waals surface area contributed by atoms with Gasteiger partial charge in [0.1, 0.15) is 5.82 Å². The fourth-order valence-electron chi connectivity index (χ4n) is 1.64. The molecule has 1 heterocycles. The Hall–Kier alpha value is -2.44. The number of carbonyl (C=O) groups is 2. The topological polar surface area (TPSA) is 79.2 Å². The quantitative estimate of drug-likeness (QED) is 0.885. The molecule has 1 amide bonds. The minimum Gasteiger partial charge on any atom is -0.477 e. The average molecular weight is 266 g/mol. The third-order valence-electron chi connectivity index (χ3n) is 2.74. The number of carbonyl (C=O) groups excluding carboxylic acids is 1. The highest BCUT2D eigenvalue weighted by molar-refractivity contribution is 6.36. The number of oxime groups is 1. The molecule has 6 nitrogen and oxygen atoms in total. The summed E-state index contributed by atoms with van der Waals surface area (Å²) in [4.78, 5) is 28.8.